The molecule has 1 atom stereocenters. The minimum atomic E-state index is -0.634. The van der Waals surface area contributed by atoms with E-state index in [1.807, 2.05) is 13.8 Å². The van der Waals surface area contributed by atoms with E-state index in [0.29, 0.717) is 25.6 Å². The maximum absolute atomic E-state index is 10.2. The van der Waals surface area contributed by atoms with Crippen molar-refractivity contribution in [3.63, 3.8) is 0 Å². The fraction of sp³-hybridized carbons (Fsp3) is 0.625. The van der Waals surface area contributed by atoms with Crippen LogP contribution in [-0.2, 0) is 15.9 Å². The highest BCUT2D eigenvalue weighted by Gasteiger charge is 2.20. The molecule has 0 aromatic heterocycles. The summed E-state index contributed by atoms with van der Waals surface area (Å²) in [5.41, 5.74) is 2.41. The number of hydrogen-bond donors (Lipinski definition) is 1. The molecule has 3 nitrogen and oxygen atoms in total. The van der Waals surface area contributed by atoms with Crippen molar-refractivity contribution < 1.29 is 14.6 Å². The first-order valence-electron chi connectivity index (χ1n) is 7.08. The quantitative estimate of drug-likeness (QED) is 0.735. The van der Waals surface area contributed by atoms with Gasteiger partial charge in [0.05, 0.1) is 0 Å². The highest BCUT2D eigenvalue weighted by Crippen LogP contribution is 2.16. The van der Waals surface area contributed by atoms with Crippen LogP contribution in [0, 0.1) is 0 Å². The van der Waals surface area contributed by atoms with E-state index < -0.39 is 12.4 Å². The van der Waals surface area contributed by atoms with Crippen LogP contribution in [-0.4, -0.2) is 30.7 Å². The third kappa shape index (κ3) is 5.31. The molecule has 0 saturated heterocycles. The summed E-state index contributed by atoms with van der Waals surface area (Å²) in [5, 5.41) is 10.2. The van der Waals surface area contributed by atoms with Gasteiger partial charge in [0, 0.05) is 19.6 Å². The topological polar surface area (TPSA) is 38.7 Å². The molecule has 108 valence electrons. The van der Waals surface area contributed by atoms with Crippen LogP contribution in [0.1, 0.15) is 44.7 Å². The maximum atomic E-state index is 10.2. The Morgan fingerprint density at radius 2 is 1.53 bits per heavy atom. The molecule has 1 N–H and O–H groups in total. The zero-order valence-electron chi connectivity index (χ0n) is 12.4. The van der Waals surface area contributed by atoms with Crippen LogP contribution in [0.15, 0.2) is 24.3 Å². The van der Waals surface area contributed by atoms with Crippen molar-refractivity contribution in [3.05, 3.63) is 35.4 Å². The SMILES string of the molecule is CCOC(OCC)C(O)Cc1ccc(C(C)C)cc1. The van der Waals surface area contributed by atoms with Crippen molar-refractivity contribution in [2.75, 3.05) is 13.2 Å². The average molecular weight is 266 g/mol. The smallest absolute Gasteiger partial charge is 0.183 e. The lowest BCUT2D eigenvalue weighted by Gasteiger charge is -2.22. The van der Waals surface area contributed by atoms with Gasteiger partial charge in [-0.1, -0.05) is 38.1 Å². The summed E-state index contributed by atoms with van der Waals surface area (Å²) in [6, 6.07) is 8.35. The molecule has 3 heteroatoms. The second kappa shape index (κ2) is 8.31. The molecule has 0 aliphatic heterocycles. The molecular formula is C16H26O3. The summed E-state index contributed by atoms with van der Waals surface area (Å²) in [5.74, 6) is 0.526. The zero-order valence-corrected chi connectivity index (χ0v) is 12.4. The largest absolute Gasteiger partial charge is 0.387 e. The van der Waals surface area contributed by atoms with Gasteiger partial charge in [-0.15, -0.1) is 0 Å². The lowest BCUT2D eigenvalue weighted by Crippen LogP contribution is -2.33. The molecule has 0 aliphatic rings. The van der Waals surface area contributed by atoms with E-state index in [2.05, 4.69) is 38.1 Å². The summed E-state index contributed by atoms with van der Waals surface area (Å²) in [4.78, 5) is 0. The standard InChI is InChI=1S/C16H26O3/c1-5-18-16(19-6-2)15(17)11-13-7-9-14(10-8-13)12(3)4/h7-10,12,15-17H,5-6,11H2,1-4H3. The van der Waals surface area contributed by atoms with Gasteiger partial charge in [-0.25, -0.2) is 0 Å². The number of ether oxygens (including phenoxy) is 2. The maximum Gasteiger partial charge on any atom is 0.183 e. The fourth-order valence-corrected chi connectivity index (χ4v) is 1.98. The van der Waals surface area contributed by atoms with Crippen LogP contribution >= 0.6 is 0 Å². The van der Waals surface area contributed by atoms with Crippen LogP contribution in [0.4, 0.5) is 0 Å². The van der Waals surface area contributed by atoms with Crippen LogP contribution in [0.25, 0.3) is 0 Å². The molecule has 1 unspecified atom stereocenters. The van der Waals surface area contributed by atoms with Crippen molar-refractivity contribution in [1.29, 1.82) is 0 Å². The molecule has 0 bridgehead atoms. The Morgan fingerprint density at radius 1 is 1.00 bits per heavy atom. The van der Waals surface area contributed by atoms with Gasteiger partial charge in [0.15, 0.2) is 6.29 Å². The van der Waals surface area contributed by atoms with Crippen LogP contribution in [0.3, 0.4) is 0 Å². The summed E-state index contributed by atoms with van der Waals surface area (Å²) in [7, 11) is 0. The lowest BCUT2D eigenvalue weighted by molar-refractivity contribution is -0.188. The van der Waals surface area contributed by atoms with Crippen LogP contribution < -0.4 is 0 Å². The van der Waals surface area contributed by atoms with Gasteiger partial charge in [0.2, 0.25) is 0 Å². The third-order valence-electron chi connectivity index (χ3n) is 3.07. The lowest BCUT2D eigenvalue weighted by atomic mass is 9.99. The first-order chi connectivity index (χ1) is 9.08. The predicted molar refractivity (Wildman–Crippen MR) is 77.3 cm³/mol. The van der Waals surface area contributed by atoms with Gasteiger partial charge < -0.3 is 14.6 Å². The first kappa shape index (κ1) is 16.2. The Balaban J connectivity index is 2.61. The fourth-order valence-electron chi connectivity index (χ4n) is 1.98. The zero-order chi connectivity index (χ0) is 14.3. The second-order valence-corrected chi connectivity index (χ2v) is 4.95. The van der Waals surface area contributed by atoms with E-state index in [1.54, 1.807) is 0 Å². The monoisotopic (exact) mass is 266 g/mol. The molecule has 0 radical (unpaired) electrons. The Morgan fingerprint density at radius 3 is 1.95 bits per heavy atom. The van der Waals surface area contributed by atoms with Crippen molar-refractivity contribution in [3.8, 4) is 0 Å². The van der Waals surface area contributed by atoms with Crippen molar-refractivity contribution >= 4 is 0 Å². The van der Waals surface area contributed by atoms with Crippen molar-refractivity contribution in [2.24, 2.45) is 0 Å². The number of hydrogen-bond acceptors (Lipinski definition) is 3. The minimum absolute atomic E-state index is 0.526. The number of benzene rings is 1. The van der Waals surface area contributed by atoms with Crippen molar-refractivity contribution in [2.45, 2.75) is 52.4 Å². The third-order valence-corrected chi connectivity index (χ3v) is 3.07. The Hall–Kier alpha value is -0.900. The van der Waals surface area contributed by atoms with Gasteiger partial charge >= 0.3 is 0 Å². The molecule has 19 heavy (non-hydrogen) atoms. The Kier molecular flexibility index (Phi) is 7.06. The molecule has 0 fully saturated rings. The first-order valence-corrected chi connectivity index (χ1v) is 7.08. The highest BCUT2D eigenvalue weighted by molar-refractivity contribution is 5.25. The summed E-state index contributed by atoms with van der Waals surface area (Å²) < 4.78 is 10.8. The number of rotatable bonds is 8. The van der Waals surface area contributed by atoms with Crippen molar-refractivity contribution in [1.82, 2.24) is 0 Å². The summed E-state index contributed by atoms with van der Waals surface area (Å²) >= 11 is 0. The highest BCUT2D eigenvalue weighted by atomic mass is 16.7. The molecule has 0 saturated carbocycles. The molecule has 0 heterocycles. The van der Waals surface area contributed by atoms with E-state index >= 15 is 0 Å². The molecule has 1 aromatic carbocycles. The average Bonchev–Trinajstić information content (AvgIpc) is 2.39. The molecular weight excluding hydrogens is 240 g/mol. The van der Waals surface area contributed by atoms with E-state index in [1.165, 1.54) is 5.56 Å². The van der Waals surface area contributed by atoms with E-state index in [0.717, 1.165) is 5.56 Å². The van der Waals surface area contributed by atoms with Gasteiger partial charge in [-0.3, -0.25) is 0 Å². The number of aliphatic hydroxyl groups excluding tert-OH is 1. The summed E-state index contributed by atoms with van der Waals surface area (Å²) in [6.07, 6.45) is -0.632. The van der Waals surface area contributed by atoms with Crippen LogP contribution in [0.5, 0.6) is 0 Å². The Bertz CT molecular complexity index is 340. The minimum Gasteiger partial charge on any atom is -0.387 e. The molecule has 0 aliphatic carbocycles. The second-order valence-electron chi connectivity index (χ2n) is 4.95. The van der Waals surface area contributed by atoms with Gasteiger partial charge in [0.1, 0.15) is 6.10 Å². The molecule has 1 aromatic rings. The summed E-state index contributed by atoms with van der Waals surface area (Å²) in [6.45, 7) is 9.21. The Labute approximate surface area is 116 Å². The van der Waals surface area contributed by atoms with Crippen LogP contribution in [0.2, 0.25) is 0 Å². The number of aliphatic hydroxyl groups is 1. The van der Waals surface area contributed by atoms with Gasteiger partial charge in [-0.05, 0) is 30.9 Å². The molecule has 1 rings (SSSR count). The van der Waals surface area contributed by atoms with Gasteiger partial charge in [-0.2, -0.15) is 0 Å². The predicted octanol–water partition coefficient (Wildman–Crippen LogP) is 3.11. The van der Waals surface area contributed by atoms with E-state index in [4.69, 9.17) is 9.47 Å². The molecule has 0 amide bonds. The van der Waals surface area contributed by atoms with Gasteiger partial charge in [0.25, 0.3) is 0 Å². The molecule has 0 spiro atoms. The van der Waals surface area contributed by atoms with E-state index in [-0.39, 0.29) is 0 Å². The normalized spacial score (nSPS) is 13.2. The van der Waals surface area contributed by atoms with E-state index in [9.17, 15) is 5.11 Å².